The second kappa shape index (κ2) is 4.35. The molecule has 82 valence electrons. The van der Waals surface area contributed by atoms with Crippen LogP contribution in [0, 0.1) is 5.92 Å². The largest absolute Gasteiger partial charge is 0.296 e. The van der Waals surface area contributed by atoms with Crippen molar-refractivity contribution in [1.29, 1.82) is 0 Å². The summed E-state index contributed by atoms with van der Waals surface area (Å²) in [6, 6.07) is 1.71. The van der Waals surface area contributed by atoms with Crippen molar-refractivity contribution >= 4 is 11.6 Å². The van der Waals surface area contributed by atoms with E-state index in [0.29, 0.717) is 6.04 Å². The smallest absolute Gasteiger partial charge is 0.255 e. The van der Waals surface area contributed by atoms with E-state index in [1.807, 2.05) is 0 Å². The Bertz CT molecular complexity index is 394. The van der Waals surface area contributed by atoms with Crippen LogP contribution in [0.3, 0.4) is 0 Å². The van der Waals surface area contributed by atoms with Gasteiger partial charge in [0.2, 0.25) is 0 Å². The molecular weight excluding hydrogens is 212 g/mol. The highest BCUT2D eigenvalue weighted by Gasteiger charge is 2.20. The van der Waals surface area contributed by atoms with Crippen molar-refractivity contribution in [2.45, 2.75) is 38.6 Å². The predicted octanol–water partition coefficient (Wildman–Crippen LogP) is 2.65. The Hall–Kier alpha value is -0.830. The van der Waals surface area contributed by atoms with Gasteiger partial charge in [0.25, 0.3) is 5.56 Å². The minimum absolute atomic E-state index is 0.0328. The van der Waals surface area contributed by atoms with Gasteiger partial charge in [0.1, 0.15) is 5.15 Å². The number of hydrogen-bond donors (Lipinski definition) is 0. The van der Waals surface area contributed by atoms with E-state index in [0.717, 1.165) is 18.8 Å². The summed E-state index contributed by atoms with van der Waals surface area (Å²) in [5.41, 5.74) is -0.0328. The highest BCUT2D eigenvalue weighted by Crippen LogP contribution is 2.30. The summed E-state index contributed by atoms with van der Waals surface area (Å²) in [4.78, 5) is 15.6. The number of rotatable bonds is 1. The molecule has 0 aliphatic heterocycles. The summed E-state index contributed by atoms with van der Waals surface area (Å²) < 4.78 is 1.72. The summed E-state index contributed by atoms with van der Waals surface area (Å²) in [7, 11) is 0. The molecule has 1 aliphatic rings. The molecule has 0 atom stereocenters. The molecule has 4 heteroatoms. The average Bonchev–Trinajstić information content (AvgIpc) is 2.20. The van der Waals surface area contributed by atoms with E-state index in [1.54, 1.807) is 10.9 Å². The fraction of sp³-hybridized carbons (Fsp3) is 0.636. The van der Waals surface area contributed by atoms with Gasteiger partial charge in [-0.1, -0.05) is 18.5 Å². The van der Waals surface area contributed by atoms with Gasteiger partial charge in [0.15, 0.2) is 0 Å². The summed E-state index contributed by atoms with van der Waals surface area (Å²) in [5.74, 6) is 0.789. The van der Waals surface area contributed by atoms with Crippen LogP contribution in [0.15, 0.2) is 17.2 Å². The van der Waals surface area contributed by atoms with Gasteiger partial charge < -0.3 is 0 Å². The summed E-state index contributed by atoms with van der Waals surface area (Å²) in [6.45, 7) is 2.26. The van der Waals surface area contributed by atoms with E-state index in [9.17, 15) is 4.79 Å². The van der Waals surface area contributed by atoms with Crippen LogP contribution in [0.5, 0.6) is 0 Å². The number of halogens is 1. The van der Waals surface area contributed by atoms with Crippen molar-refractivity contribution in [2.75, 3.05) is 0 Å². The molecule has 0 radical (unpaired) electrons. The maximum Gasteiger partial charge on any atom is 0.255 e. The Labute approximate surface area is 94.1 Å². The second-order valence-corrected chi connectivity index (χ2v) is 4.76. The molecule has 3 nitrogen and oxygen atoms in total. The van der Waals surface area contributed by atoms with Gasteiger partial charge >= 0.3 is 0 Å². The van der Waals surface area contributed by atoms with Gasteiger partial charge in [0, 0.05) is 12.1 Å². The maximum atomic E-state index is 11.7. The Kier molecular flexibility index (Phi) is 3.10. The molecule has 1 heterocycles. The van der Waals surface area contributed by atoms with Gasteiger partial charge in [-0.2, -0.15) is 0 Å². The normalized spacial score (nSPS) is 26.5. The molecule has 1 saturated carbocycles. The first kappa shape index (κ1) is 10.7. The second-order valence-electron chi connectivity index (χ2n) is 4.37. The topological polar surface area (TPSA) is 34.9 Å². The molecule has 0 unspecified atom stereocenters. The SMILES string of the molecule is CC1CCC(n2cnc(Cl)cc2=O)CC1. The van der Waals surface area contributed by atoms with Gasteiger partial charge in [-0.15, -0.1) is 0 Å². The Morgan fingerprint density at radius 2 is 2.07 bits per heavy atom. The van der Waals surface area contributed by atoms with Gasteiger partial charge in [-0.05, 0) is 31.6 Å². The van der Waals surface area contributed by atoms with Gasteiger partial charge in [0.05, 0.1) is 6.33 Å². The molecule has 0 aromatic carbocycles. The van der Waals surface area contributed by atoms with E-state index in [2.05, 4.69) is 11.9 Å². The lowest BCUT2D eigenvalue weighted by Crippen LogP contribution is -2.27. The molecule has 0 N–H and O–H groups in total. The standard InChI is InChI=1S/C11H15ClN2O/c1-8-2-4-9(5-3-8)14-7-13-10(12)6-11(14)15/h6-9H,2-5H2,1H3. The zero-order chi connectivity index (χ0) is 10.8. The number of aromatic nitrogens is 2. The lowest BCUT2D eigenvalue weighted by Gasteiger charge is -2.27. The van der Waals surface area contributed by atoms with Crippen LogP contribution in [0.4, 0.5) is 0 Å². The van der Waals surface area contributed by atoms with Crippen molar-refractivity contribution in [1.82, 2.24) is 9.55 Å². The van der Waals surface area contributed by atoms with Crippen LogP contribution in [-0.4, -0.2) is 9.55 Å². The highest BCUT2D eigenvalue weighted by molar-refractivity contribution is 6.29. The van der Waals surface area contributed by atoms with Gasteiger partial charge in [-0.3, -0.25) is 9.36 Å². The molecule has 0 amide bonds. The first-order chi connectivity index (χ1) is 7.16. The van der Waals surface area contributed by atoms with Crippen LogP contribution in [0.1, 0.15) is 38.6 Å². The fourth-order valence-electron chi connectivity index (χ4n) is 2.18. The molecule has 2 rings (SSSR count). The first-order valence-electron chi connectivity index (χ1n) is 5.40. The third-order valence-electron chi connectivity index (χ3n) is 3.18. The van der Waals surface area contributed by atoms with E-state index in [4.69, 9.17) is 11.6 Å². The van der Waals surface area contributed by atoms with Crippen LogP contribution in [0.25, 0.3) is 0 Å². The van der Waals surface area contributed by atoms with E-state index in [1.165, 1.54) is 18.9 Å². The van der Waals surface area contributed by atoms with Crippen molar-refractivity contribution in [2.24, 2.45) is 5.92 Å². The fourth-order valence-corrected chi connectivity index (χ4v) is 2.32. The number of nitrogens with zero attached hydrogens (tertiary/aromatic N) is 2. The Morgan fingerprint density at radius 1 is 1.40 bits per heavy atom. The quantitative estimate of drug-likeness (QED) is 0.690. The molecule has 0 spiro atoms. The summed E-state index contributed by atoms with van der Waals surface area (Å²) >= 11 is 5.65. The molecule has 1 aromatic heterocycles. The minimum Gasteiger partial charge on any atom is -0.296 e. The van der Waals surface area contributed by atoms with Crippen LogP contribution >= 0.6 is 11.6 Å². The average molecular weight is 227 g/mol. The third-order valence-corrected chi connectivity index (χ3v) is 3.39. The third kappa shape index (κ3) is 2.40. The number of hydrogen-bond acceptors (Lipinski definition) is 2. The first-order valence-corrected chi connectivity index (χ1v) is 5.78. The molecule has 0 saturated heterocycles. The molecular formula is C11H15ClN2O. The highest BCUT2D eigenvalue weighted by atomic mass is 35.5. The zero-order valence-corrected chi connectivity index (χ0v) is 9.57. The molecule has 1 aliphatic carbocycles. The van der Waals surface area contributed by atoms with E-state index >= 15 is 0 Å². The zero-order valence-electron chi connectivity index (χ0n) is 8.82. The molecule has 1 aromatic rings. The van der Waals surface area contributed by atoms with Crippen LogP contribution < -0.4 is 5.56 Å². The van der Waals surface area contributed by atoms with Crippen molar-refractivity contribution < 1.29 is 0 Å². The monoisotopic (exact) mass is 226 g/mol. The Morgan fingerprint density at radius 3 is 2.67 bits per heavy atom. The van der Waals surface area contributed by atoms with Crippen molar-refractivity contribution in [3.8, 4) is 0 Å². The van der Waals surface area contributed by atoms with E-state index in [-0.39, 0.29) is 10.7 Å². The van der Waals surface area contributed by atoms with Crippen molar-refractivity contribution in [3.05, 3.63) is 27.9 Å². The van der Waals surface area contributed by atoms with E-state index < -0.39 is 0 Å². The van der Waals surface area contributed by atoms with Crippen LogP contribution in [-0.2, 0) is 0 Å². The lowest BCUT2D eigenvalue weighted by molar-refractivity contribution is 0.283. The predicted molar refractivity (Wildman–Crippen MR) is 60.2 cm³/mol. The molecule has 1 fully saturated rings. The van der Waals surface area contributed by atoms with Crippen LogP contribution in [0.2, 0.25) is 5.15 Å². The summed E-state index contributed by atoms with van der Waals surface area (Å²) in [5, 5.41) is 0.278. The molecule has 0 bridgehead atoms. The summed E-state index contributed by atoms with van der Waals surface area (Å²) in [6.07, 6.45) is 6.11. The van der Waals surface area contributed by atoms with Crippen molar-refractivity contribution in [3.63, 3.8) is 0 Å². The Balaban J connectivity index is 2.19. The van der Waals surface area contributed by atoms with Gasteiger partial charge in [-0.25, -0.2) is 4.98 Å². The lowest BCUT2D eigenvalue weighted by atomic mass is 9.87. The molecule has 15 heavy (non-hydrogen) atoms. The minimum atomic E-state index is -0.0328. The maximum absolute atomic E-state index is 11.7.